The van der Waals surface area contributed by atoms with E-state index in [2.05, 4.69) is 24.3 Å². The minimum atomic E-state index is 0.743. The third-order valence-electron chi connectivity index (χ3n) is 2.38. The maximum Gasteiger partial charge on any atom is 0.0108 e. The van der Waals surface area contributed by atoms with Crippen molar-refractivity contribution in [1.29, 1.82) is 0 Å². The lowest BCUT2D eigenvalue weighted by Gasteiger charge is -2.09. The fourth-order valence-electron chi connectivity index (χ4n) is 1.68. The van der Waals surface area contributed by atoms with E-state index in [0.717, 1.165) is 18.2 Å². The smallest absolute Gasteiger partial charge is 0.0108 e. The molecule has 1 aliphatic heterocycles. The van der Waals surface area contributed by atoms with E-state index in [-0.39, 0.29) is 0 Å². The second-order valence-electron chi connectivity index (χ2n) is 3.41. The molecule has 0 spiro atoms. The van der Waals surface area contributed by atoms with Crippen LogP contribution in [0.1, 0.15) is 11.5 Å². The summed E-state index contributed by atoms with van der Waals surface area (Å²) in [5.41, 5.74) is 7.03. The largest absolute Gasteiger partial charge is 0.330 e. The molecule has 0 aliphatic carbocycles. The van der Waals surface area contributed by atoms with E-state index in [1.165, 1.54) is 16.4 Å². The summed E-state index contributed by atoms with van der Waals surface area (Å²) in [7, 11) is 0. The van der Waals surface area contributed by atoms with E-state index in [1.807, 2.05) is 23.5 Å². The standard InChI is InChI=1S/C11H15NS2/c12-5-6-13-7-9-8-14-11-4-2-1-3-10(9)11/h1-4,9H,5-8,12H2. The highest BCUT2D eigenvalue weighted by Gasteiger charge is 2.21. The summed E-state index contributed by atoms with van der Waals surface area (Å²) in [6, 6.07) is 8.77. The van der Waals surface area contributed by atoms with Gasteiger partial charge in [0.05, 0.1) is 0 Å². The van der Waals surface area contributed by atoms with Crippen LogP contribution in [-0.2, 0) is 0 Å². The van der Waals surface area contributed by atoms with Gasteiger partial charge in [-0.05, 0) is 11.6 Å². The van der Waals surface area contributed by atoms with Crippen LogP contribution in [0.25, 0.3) is 0 Å². The molecule has 1 unspecified atom stereocenters. The molecule has 2 rings (SSSR count). The molecule has 0 saturated heterocycles. The minimum Gasteiger partial charge on any atom is -0.330 e. The van der Waals surface area contributed by atoms with Gasteiger partial charge in [0.25, 0.3) is 0 Å². The van der Waals surface area contributed by atoms with E-state index in [4.69, 9.17) is 5.73 Å². The van der Waals surface area contributed by atoms with Crippen molar-refractivity contribution < 1.29 is 0 Å². The van der Waals surface area contributed by atoms with Crippen LogP contribution in [0.4, 0.5) is 0 Å². The molecule has 0 saturated carbocycles. The molecule has 0 aromatic heterocycles. The van der Waals surface area contributed by atoms with Crippen LogP contribution < -0.4 is 5.73 Å². The number of rotatable bonds is 4. The van der Waals surface area contributed by atoms with Crippen molar-refractivity contribution in [3.63, 3.8) is 0 Å². The Morgan fingerprint density at radius 3 is 3.14 bits per heavy atom. The highest BCUT2D eigenvalue weighted by Crippen LogP contribution is 2.40. The molecule has 1 heterocycles. The third-order valence-corrected chi connectivity index (χ3v) is 4.79. The zero-order valence-electron chi connectivity index (χ0n) is 8.11. The highest BCUT2D eigenvalue weighted by atomic mass is 32.2. The molecule has 0 radical (unpaired) electrons. The Morgan fingerprint density at radius 1 is 1.43 bits per heavy atom. The number of hydrogen-bond acceptors (Lipinski definition) is 3. The first-order valence-electron chi connectivity index (χ1n) is 4.91. The Balaban J connectivity index is 1.96. The zero-order valence-corrected chi connectivity index (χ0v) is 9.74. The van der Waals surface area contributed by atoms with E-state index in [9.17, 15) is 0 Å². The molecular formula is C11H15NS2. The monoisotopic (exact) mass is 225 g/mol. The third kappa shape index (κ3) is 2.27. The second-order valence-corrected chi connectivity index (χ2v) is 5.62. The Labute approximate surface area is 93.8 Å². The minimum absolute atomic E-state index is 0.743. The van der Waals surface area contributed by atoms with Crippen molar-refractivity contribution >= 4 is 23.5 Å². The summed E-state index contributed by atoms with van der Waals surface area (Å²) in [5.74, 6) is 4.30. The van der Waals surface area contributed by atoms with E-state index < -0.39 is 0 Å². The lowest BCUT2D eigenvalue weighted by molar-refractivity contribution is 0.895. The molecule has 0 bridgehead atoms. The first-order chi connectivity index (χ1) is 6.92. The molecule has 14 heavy (non-hydrogen) atoms. The molecule has 2 N–H and O–H groups in total. The predicted molar refractivity (Wildman–Crippen MR) is 66.3 cm³/mol. The number of hydrogen-bond donors (Lipinski definition) is 1. The summed E-state index contributed by atoms with van der Waals surface area (Å²) >= 11 is 3.97. The normalized spacial score (nSPS) is 19.6. The molecule has 3 heteroatoms. The molecule has 0 amide bonds. The van der Waals surface area contributed by atoms with Crippen molar-refractivity contribution in [3.8, 4) is 0 Å². The van der Waals surface area contributed by atoms with E-state index in [0.29, 0.717) is 0 Å². The topological polar surface area (TPSA) is 26.0 Å². The van der Waals surface area contributed by atoms with Gasteiger partial charge in [-0.15, -0.1) is 11.8 Å². The molecule has 0 fully saturated rings. The van der Waals surface area contributed by atoms with Crippen molar-refractivity contribution in [1.82, 2.24) is 0 Å². The molecule has 1 aliphatic rings. The van der Waals surface area contributed by atoms with Crippen LogP contribution in [0.5, 0.6) is 0 Å². The molecule has 1 nitrogen and oxygen atoms in total. The Hall–Kier alpha value is -0.120. The number of benzene rings is 1. The summed E-state index contributed by atoms with van der Waals surface area (Å²) < 4.78 is 0. The Kier molecular flexibility index (Phi) is 3.79. The average molecular weight is 225 g/mol. The summed E-state index contributed by atoms with van der Waals surface area (Å²) in [4.78, 5) is 1.48. The number of fused-ring (bicyclic) bond motifs is 1. The van der Waals surface area contributed by atoms with Crippen molar-refractivity contribution in [3.05, 3.63) is 29.8 Å². The number of nitrogens with two attached hydrogens (primary N) is 1. The van der Waals surface area contributed by atoms with Crippen molar-refractivity contribution in [2.45, 2.75) is 10.8 Å². The zero-order chi connectivity index (χ0) is 9.80. The van der Waals surface area contributed by atoms with Gasteiger partial charge in [-0.1, -0.05) is 18.2 Å². The van der Waals surface area contributed by atoms with Gasteiger partial charge in [-0.2, -0.15) is 11.8 Å². The van der Waals surface area contributed by atoms with E-state index >= 15 is 0 Å². The summed E-state index contributed by atoms with van der Waals surface area (Å²) in [6.45, 7) is 0.798. The molecule has 1 aromatic carbocycles. The lowest BCUT2D eigenvalue weighted by atomic mass is 10.0. The fraction of sp³-hybridized carbons (Fsp3) is 0.455. The van der Waals surface area contributed by atoms with Gasteiger partial charge in [0.2, 0.25) is 0 Å². The van der Waals surface area contributed by atoms with Crippen LogP contribution >= 0.6 is 23.5 Å². The molecular weight excluding hydrogens is 210 g/mol. The van der Waals surface area contributed by atoms with Crippen LogP contribution in [-0.4, -0.2) is 23.8 Å². The Bertz CT molecular complexity index is 301. The maximum absolute atomic E-state index is 5.48. The SMILES string of the molecule is NCCSCC1CSc2ccccc21. The van der Waals surface area contributed by atoms with Gasteiger partial charge in [-0.25, -0.2) is 0 Å². The van der Waals surface area contributed by atoms with Gasteiger partial charge in [0, 0.05) is 34.6 Å². The van der Waals surface area contributed by atoms with Crippen molar-refractivity contribution in [2.24, 2.45) is 5.73 Å². The average Bonchev–Trinajstić information content (AvgIpc) is 2.63. The number of thioether (sulfide) groups is 2. The predicted octanol–water partition coefficient (Wildman–Crippen LogP) is 2.57. The van der Waals surface area contributed by atoms with E-state index in [1.54, 1.807) is 5.56 Å². The molecule has 1 aromatic rings. The van der Waals surface area contributed by atoms with Gasteiger partial charge in [0.15, 0.2) is 0 Å². The van der Waals surface area contributed by atoms with Gasteiger partial charge in [0.1, 0.15) is 0 Å². The van der Waals surface area contributed by atoms with Crippen LogP contribution in [0, 0.1) is 0 Å². The summed E-state index contributed by atoms with van der Waals surface area (Å²) in [5, 5.41) is 0. The highest BCUT2D eigenvalue weighted by molar-refractivity contribution is 8.00. The maximum atomic E-state index is 5.48. The first kappa shape index (κ1) is 10.4. The fourth-order valence-corrected chi connectivity index (χ4v) is 3.99. The Morgan fingerprint density at radius 2 is 2.29 bits per heavy atom. The van der Waals surface area contributed by atoms with Gasteiger partial charge < -0.3 is 5.73 Å². The van der Waals surface area contributed by atoms with Crippen LogP contribution in [0.3, 0.4) is 0 Å². The quantitative estimate of drug-likeness (QED) is 0.798. The summed E-state index contributed by atoms with van der Waals surface area (Å²) in [6.07, 6.45) is 0. The van der Waals surface area contributed by atoms with Gasteiger partial charge in [-0.3, -0.25) is 0 Å². The van der Waals surface area contributed by atoms with Crippen LogP contribution in [0.2, 0.25) is 0 Å². The van der Waals surface area contributed by atoms with Crippen molar-refractivity contribution in [2.75, 3.05) is 23.8 Å². The van der Waals surface area contributed by atoms with Gasteiger partial charge >= 0.3 is 0 Å². The molecule has 76 valence electrons. The lowest BCUT2D eigenvalue weighted by Crippen LogP contribution is -2.05. The molecule has 1 atom stereocenters. The van der Waals surface area contributed by atoms with Crippen LogP contribution in [0.15, 0.2) is 29.2 Å². The first-order valence-corrected chi connectivity index (χ1v) is 7.05. The second kappa shape index (κ2) is 5.10.